The van der Waals surface area contributed by atoms with Crippen molar-refractivity contribution in [1.82, 2.24) is 9.88 Å². The van der Waals surface area contributed by atoms with E-state index in [1.807, 2.05) is 0 Å². The van der Waals surface area contributed by atoms with Crippen LogP contribution in [0.4, 0.5) is 4.39 Å². The Bertz CT molecular complexity index is 535. The third-order valence-electron chi connectivity index (χ3n) is 3.20. The second-order valence-electron chi connectivity index (χ2n) is 4.44. The highest BCUT2D eigenvalue weighted by Gasteiger charge is 2.35. The first-order valence-electron chi connectivity index (χ1n) is 6.10. The Morgan fingerprint density at radius 3 is 2.90 bits per heavy atom. The van der Waals surface area contributed by atoms with Crippen LogP contribution in [0.2, 0.25) is 0 Å². The Morgan fingerprint density at radius 2 is 2.30 bits per heavy atom. The van der Waals surface area contributed by atoms with Gasteiger partial charge in [-0.3, -0.25) is 4.79 Å². The van der Waals surface area contributed by atoms with Crippen LogP contribution in [0.5, 0.6) is 0 Å². The van der Waals surface area contributed by atoms with Gasteiger partial charge < -0.3 is 9.64 Å². The zero-order valence-electron chi connectivity index (χ0n) is 11.1. The molecule has 1 aliphatic rings. The number of alkyl halides is 2. The number of rotatable bonds is 3. The Labute approximate surface area is 124 Å². The van der Waals surface area contributed by atoms with Crippen molar-refractivity contribution in [3.05, 3.63) is 15.6 Å². The molecule has 0 radical (unpaired) electrons. The molecule has 1 amide bonds. The number of amides is 1. The van der Waals surface area contributed by atoms with Crippen molar-refractivity contribution in [3.63, 3.8) is 0 Å². The highest BCUT2D eigenvalue weighted by atomic mass is 35.5. The lowest BCUT2D eigenvalue weighted by Crippen LogP contribution is -2.34. The lowest BCUT2D eigenvalue weighted by Gasteiger charge is -2.22. The molecule has 0 aromatic carbocycles. The second kappa shape index (κ2) is 6.05. The van der Waals surface area contributed by atoms with Crippen molar-refractivity contribution < 1.29 is 18.7 Å². The van der Waals surface area contributed by atoms with Gasteiger partial charge in [0.25, 0.3) is 11.5 Å². The number of halogens is 2. The first-order valence-corrected chi connectivity index (χ1v) is 7.35. The van der Waals surface area contributed by atoms with Crippen LogP contribution in [-0.2, 0) is 9.53 Å². The van der Waals surface area contributed by atoms with E-state index in [0.717, 1.165) is 6.42 Å². The summed E-state index contributed by atoms with van der Waals surface area (Å²) < 4.78 is 17.6. The summed E-state index contributed by atoms with van der Waals surface area (Å²) in [5.41, 5.74) is -1.80. The van der Waals surface area contributed by atoms with Crippen LogP contribution in [0.25, 0.3) is 0 Å². The fourth-order valence-corrected chi connectivity index (χ4v) is 3.44. The lowest BCUT2D eigenvalue weighted by molar-refractivity contribution is -0.134. The van der Waals surface area contributed by atoms with Crippen molar-refractivity contribution >= 4 is 34.8 Å². The van der Waals surface area contributed by atoms with E-state index < -0.39 is 17.5 Å². The molecule has 1 fully saturated rings. The molecule has 0 aliphatic carbocycles. The summed E-state index contributed by atoms with van der Waals surface area (Å²) in [5.74, 6) is -1.26. The molecular formula is C12H14ClFN2O3S. The van der Waals surface area contributed by atoms with Crippen LogP contribution < -0.4 is 0 Å². The molecular weight excluding hydrogens is 307 g/mol. The van der Waals surface area contributed by atoms with Crippen molar-refractivity contribution in [2.45, 2.75) is 31.4 Å². The summed E-state index contributed by atoms with van der Waals surface area (Å²) in [5, 5.41) is 0.617. The van der Waals surface area contributed by atoms with Crippen molar-refractivity contribution in [3.8, 4) is 0 Å². The molecule has 8 heteroatoms. The summed E-state index contributed by atoms with van der Waals surface area (Å²) in [4.78, 5) is 29.6. The molecule has 20 heavy (non-hydrogen) atoms. The number of nitrogens with zero attached hydrogens (tertiary/aromatic N) is 2. The summed E-state index contributed by atoms with van der Waals surface area (Å²) in [7, 11) is 1.29. The Kier molecular flexibility index (Phi) is 4.59. The first-order chi connectivity index (χ1) is 9.45. The van der Waals surface area contributed by atoms with Crippen LogP contribution in [0.15, 0.2) is 0 Å². The molecule has 2 atom stereocenters. The predicted molar refractivity (Wildman–Crippen MR) is 72.6 cm³/mol. The van der Waals surface area contributed by atoms with E-state index in [1.54, 1.807) is 6.92 Å². The second-order valence-corrected chi connectivity index (χ2v) is 6.06. The van der Waals surface area contributed by atoms with E-state index in [-0.39, 0.29) is 11.7 Å². The number of carbonyl (C=O) groups is 2. The van der Waals surface area contributed by atoms with Gasteiger partial charge in [-0.15, -0.1) is 11.3 Å². The number of aromatic nitrogens is 1. The fourth-order valence-electron chi connectivity index (χ4n) is 2.26. The number of carbonyl (C=O) groups excluding carboxylic acids is 2. The van der Waals surface area contributed by atoms with Gasteiger partial charge in [0.1, 0.15) is 5.01 Å². The summed E-state index contributed by atoms with van der Waals surface area (Å²) >= 11 is 6.54. The maximum atomic E-state index is 13.0. The van der Waals surface area contributed by atoms with Crippen molar-refractivity contribution in [2.24, 2.45) is 0 Å². The topological polar surface area (TPSA) is 59.5 Å². The van der Waals surface area contributed by atoms with E-state index in [4.69, 9.17) is 11.6 Å². The largest absolute Gasteiger partial charge is 0.464 e. The van der Waals surface area contributed by atoms with Gasteiger partial charge in [0.15, 0.2) is 5.69 Å². The highest BCUT2D eigenvalue weighted by molar-refractivity contribution is 7.12. The smallest absolute Gasteiger partial charge is 0.357 e. The van der Waals surface area contributed by atoms with E-state index in [2.05, 4.69) is 9.72 Å². The lowest BCUT2D eigenvalue weighted by atomic mass is 10.2. The van der Waals surface area contributed by atoms with E-state index in [0.29, 0.717) is 22.9 Å². The van der Waals surface area contributed by atoms with E-state index in [9.17, 15) is 14.0 Å². The Hall–Kier alpha value is -1.21. The number of esters is 1. The molecule has 1 aliphatic heterocycles. The van der Waals surface area contributed by atoms with Crippen LogP contribution in [0.1, 0.15) is 39.3 Å². The summed E-state index contributed by atoms with van der Waals surface area (Å²) in [6.45, 7) is 2.21. The fraction of sp³-hybridized carbons (Fsp3) is 0.583. The third-order valence-corrected chi connectivity index (χ3v) is 4.46. The monoisotopic (exact) mass is 320 g/mol. The molecule has 1 aromatic rings. The van der Waals surface area contributed by atoms with Crippen LogP contribution in [0.3, 0.4) is 0 Å². The van der Waals surface area contributed by atoms with E-state index >= 15 is 0 Å². The predicted octanol–water partition coefficient (Wildman–Crippen LogP) is 2.44. The van der Waals surface area contributed by atoms with Crippen molar-refractivity contribution in [1.29, 1.82) is 0 Å². The molecule has 1 saturated heterocycles. The molecule has 5 nitrogen and oxygen atoms in total. The van der Waals surface area contributed by atoms with Crippen molar-refractivity contribution in [2.75, 3.05) is 13.7 Å². The third kappa shape index (κ3) is 2.78. The van der Waals surface area contributed by atoms with Gasteiger partial charge in [-0.1, -0.05) is 11.6 Å². The van der Waals surface area contributed by atoms with Gasteiger partial charge in [0.2, 0.25) is 0 Å². The standard InChI is InChI=1S/C12H14ClFN2O3S/c1-6-8(12(18)19-2)15-10(20-6)7-4-3-5-16(7)11(17)9(13)14/h7,9H,3-5H2,1-2H3. The number of thiazole rings is 1. The molecule has 2 unspecified atom stereocenters. The zero-order chi connectivity index (χ0) is 14.9. The minimum Gasteiger partial charge on any atom is -0.464 e. The van der Waals surface area contributed by atoms with Gasteiger partial charge in [-0.05, 0) is 19.8 Å². The van der Waals surface area contributed by atoms with E-state index in [1.165, 1.54) is 23.3 Å². The minimum absolute atomic E-state index is 0.245. The van der Waals surface area contributed by atoms with Gasteiger partial charge in [0.05, 0.1) is 13.2 Å². The normalized spacial score (nSPS) is 20.0. The quantitative estimate of drug-likeness (QED) is 0.634. The first kappa shape index (κ1) is 15.2. The Balaban J connectivity index is 2.27. The molecule has 1 aromatic heterocycles. The molecule has 0 N–H and O–H groups in total. The number of aryl methyl sites for hydroxylation is 1. The molecule has 0 bridgehead atoms. The van der Waals surface area contributed by atoms with Crippen LogP contribution in [0, 0.1) is 6.92 Å². The number of ether oxygens (including phenoxy) is 1. The molecule has 2 heterocycles. The molecule has 2 rings (SSSR count). The SMILES string of the molecule is COC(=O)c1nc(C2CCCN2C(=O)C(F)Cl)sc1C. The van der Waals surface area contributed by atoms with Gasteiger partial charge in [-0.2, -0.15) is 0 Å². The van der Waals surface area contributed by atoms with Gasteiger partial charge >= 0.3 is 5.97 Å². The van der Waals surface area contributed by atoms with Gasteiger partial charge in [0, 0.05) is 11.4 Å². The van der Waals surface area contributed by atoms with Crippen LogP contribution in [-0.4, -0.2) is 41.0 Å². The number of hydrogen-bond donors (Lipinski definition) is 0. The number of hydrogen-bond acceptors (Lipinski definition) is 5. The molecule has 110 valence electrons. The number of methoxy groups -OCH3 is 1. The number of likely N-dealkylation sites (tertiary alicyclic amines) is 1. The maximum absolute atomic E-state index is 13.0. The average Bonchev–Trinajstić information content (AvgIpc) is 3.02. The van der Waals surface area contributed by atoms with Gasteiger partial charge in [-0.25, -0.2) is 14.2 Å². The highest BCUT2D eigenvalue weighted by Crippen LogP contribution is 2.36. The molecule has 0 spiro atoms. The average molecular weight is 321 g/mol. The Morgan fingerprint density at radius 1 is 1.60 bits per heavy atom. The molecule has 0 saturated carbocycles. The minimum atomic E-state index is -2.04. The maximum Gasteiger partial charge on any atom is 0.357 e. The summed E-state index contributed by atoms with van der Waals surface area (Å²) in [6, 6.07) is -0.318. The summed E-state index contributed by atoms with van der Waals surface area (Å²) in [6.07, 6.45) is 1.44. The van der Waals surface area contributed by atoms with Crippen LogP contribution >= 0.6 is 22.9 Å². The zero-order valence-corrected chi connectivity index (χ0v) is 12.6.